The Labute approximate surface area is 197 Å². The van der Waals surface area contributed by atoms with Crippen molar-refractivity contribution in [3.05, 3.63) is 81.6 Å². The van der Waals surface area contributed by atoms with Crippen LogP contribution in [-0.4, -0.2) is 42.0 Å². The van der Waals surface area contributed by atoms with E-state index < -0.39 is 35.3 Å². The maximum Gasteiger partial charge on any atom is 0.350 e. The van der Waals surface area contributed by atoms with Crippen LogP contribution in [-0.2, 0) is 14.3 Å². The molecule has 1 saturated heterocycles. The van der Waals surface area contributed by atoms with E-state index in [1.807, 2.05) is 0 Å². The van der Waals surface area contributed by atoms with Gasteiger partial charge in [0.05, 0.1) is 25.5 Å². The number of rotatable bonds is 5. The Morgan fingerprint density at radius 2 is 1.79 bits per heavy atom. The molecule has 1 fully saturated rings. The fraction of sp³-hybridized carbons (Fsp3) is 0.167. The first-order chi connectivity index (χ1) is 16.3. The van der Waals surface area contributed by atoms with Crippen LogP contribution < -0.4 is 9.64 Å². The highest BCUT2D eigenvalue weighted by molar-refractivity contribution is 7.17. The third-order valence-electron chi connectivity index (χ3n) is 5.37. The molecule has 0 radical (unpaired) electrons. The molecule has 2 aromatic carbocycles. The zero-order chi connectivity index (χ0) is 24.6. The Morgan fingerprint density at radius 1 is 1.12 bits per heavy atom. The molecule has 0 saturated carbocycles. The molecule has 1 N–H and O–H groups in total. The molecule has 4 rings (SSSR count). The van der Waals surface area contributed by atoms with E-state index in [0.717, 1.165) is 16.2 Å². The largest absolute Gasteiger partial charge is 0.507 e. The third-order valence-corrected chi connectivity index (χ3v) is 6.51. The zero-order valence-corrected chi connectivity index (χ0v) is 19.2. The van der Waals surface area contributed by atoms with Gasteiger partial charge in [0.1, 0.15) is 28.2 Å². The molecule has 1 aromatic heterocycles. The maximum absolute atomic E-state index is 14.9. The van der Waals surface area contributed by atoms with Crippen molar-refractivity contribution in [3.63, 3.8) is 0 Å². The van der Waals surface area contributed by atoms with Gasteiger partial charge in [-0.15, -0.1) is 0 Å². The number of Topliss-reactive ketones (excluding diaryl/α,β-unsaturated/α-hetero) is 1. The minimum atomic E-state index is -1.31. The van der Waals surface area contributed by atoms with E-state index in [4.69, 9.17) is 9.47 Å². The second-order valence-electron chi connectivity index (χ2n) is 7.32. The smallest absolute Gasteiger partial charge is 0.350 e. The standard InChI is InChI=1S/C24H19FN2O6S/c1-12-21(23(31)33-3)34-24(26-12)27-18(15-6-4-5-7-16(15)25)17(20(29)22(27)30)19(28)13-8-10-14(32-2)11-9-13/h4-11,18,28H,1-3H3/b19-17+/t18-/m1/s1. The van der Waals surface area contributed by atoms with E-state index >= 15 is 0 Å². The third kappa shape index (κ3) is 3.81. The topological polar surface area (TPSA) is 106 Å². The van der Waals surface area contributed by atoms with Crippen LogP contribution in [0.3, 0.4) is 0 Å². The summed E-state index contributed by atoms with van der Waals surface area (Å²) in [5.41, 5.74) is 0.221. The summed E-state index contributed by atoms with van der Waals surface area (Å²) in [6.45, 7) is 1.55. The Kier molecular flexibility index (Phi) is 6.16. The molecular weight excluding hydrogens is 463 g/mol. The number of aryl methyl sites for hydroxylation is 1. The van der Waals surface area contributed by atoms with Crippen LogP contribution in [0.4, 0.5) is 9.52 Å². The monoisotopic (exact) mass is 482 g/mol. The molecule has 8 nitrogen and oxygen atoms in total. The summed E-state index contributed by atoms with van der Waals surface area (Å²) in [7, 11) is 2.69. The summed E-state index contributed by atoms with van der Waals surface area (Å²) in [6.07, 6.45) is 0. The molecule has 174 valence electrons. The average Bonchev–Trinajstić information content (AvgIpc) is 3.35. The molecule has 0 unspecified atom stereocenters. The molecule has 34 heavy (non-hydrogen) atoms. The summed E-state index contributed by atoms with van der Waals surface area (Å²) < 4.78 is 24.8. The number of hydrogen-bond acceptors (Lipinski definition) is 8. The molecule has 0 spiro atoms. The maximum atomic E-state index is 14.9. The molecular formula is C24H19FN2O6S. The van der Waals surface area contributed by atoms with Gasteiger partial charge in [0, 0.05) is 11.1 Å². The van der Waals surface area contributed by atoms with Crippen molar-refractivity contribution in [2.75, 3.05) is 19.1 Å². The van der Waals surface area contributed by atoms with E-state index in [0.29, 0.717) is 5.75 Å². The van der Waals surface area contributed by atoms with Gasteiger partial charge in [-0.05, 0) is 37.3 Å². The number of benzene rings is 2. The number of hydrogen-bond donors (Lipinski definition) is 1. The number of ketones is 1. The number of carbonyl (C=O) groups excluding carboxylic acids is 3. The quantitative estimate of drug-likeness (QED) is 0.253. The lowest BCUT2D eigenvalue weighted by Gasteiger charge is -2.23. The number of carbonyl (C=O) groups is 3. The molecule has 0 bridgehead atoms. The number of aromatic nitrogens is 1. The van der Waals surface area contributed by atoms with Crippen molar-refractivity contribution >= 4 is 39.9 Å². The number of anilines is 1. The molecule has 10 heteroatoms. The van der Waals surface area contributed by atoms with Crippen LogP contribution in [0.15, 0.2) is 54.1 Å². The highest BCUT2D eigenvalue weighted by atomic mass is 32.1. The van der Waals surface area contributed by atoms with Crippen LogP contribution in [0.25, 0.3) is 5.76 Å². The number of nitrogens with zero attached hydrogens (tertiary/aromatic N) is 2. The highest BCUT2D eigenvalue weighted by Gasteiger charge is 2.49. The van der Waals surface area contributed by atoms with Crippen LogP contribution in [0.5, 0.6) is 5.75 Å². The SMILES string of the molecule is COC(=O)c1sc(N2C(=O)C(=O)/C(=C(/O)c3ccc(OC)cc3)[C@H]2c2ccccc2F)nc1C. The van der Waals surface area contributed by atoms with Crippen molar-refractivity contribution in [2.45, 2.75) is 13.0 Å². The molecule has 1 amide bonds. The van der Waals surface area contributed by atoms with E-state index in [9.17, 15) is 23.9 Å². The van der Waals surface area contributed by atoms with Gasteiger partial charge in [-0.25, -0.2) is 14.2 Å². The average molecular weight is 482 g/mol. The van der Waals surface area contributed by atoms with Crippen LogP contribution in [0.2, 0.25) is 0 Å². The Bertz CT molecular complexity index is 1330. The number of ether oxygens (including phenoxy) is 2. The lowest BCUT2D eigenvalue weighted by Crippen LogP contribution is -2.29. The summed E-state index contributed by atoms with van der Waals surface area (Å²) in [4.78, 5) is 43.8. The first kappa shape index (κ1) is 23.1. The number of aliphatic hydroxyl groups is 1. The lowest BCUT2D eigenvalue weighted by atomic mass is 9.95. The van der Waals surface area contributed by atoms with E-state index in [1.54, 1.807) is 25.1 Å². The predicted molar refractivity (Wildman–Crippen MR) is 122 cm³/mol. The summed E-state index contributed by atoms with van der Waals surface area (Å²) >= 11 is 0.838. The highest BCUT2D eigenvalue weighted by Crippen LogP contribution is 2.44. The van der Waals surface area contributed by atoms with Crippen LogP contribution >= 0.6 is 11.3 Å². The number of methoxy groups -OCH3 is 2. The molecule has 2 heterocycles. The van der Waals surface area contributed by atoms with Crippen LogP contribution in [0, 0.1) is 12.7 Å². The van der Waals surface area contributed by atoms with Crippen molar-refractivity contribution in [1.29, 1.82) is 0 Å². The molecule has 0 aliphatic carbocycles. The van der Waals surface area contributed by atoms with Gasteiger partial charge in [0.15, 0.2) is 5.13 Å². The fourth-order valence-corrected chi connectivity index (χ4v) is 4.70. The first-order valence-electron chi connectivity index (χ1n) is 10.0. The normalized spacial score (nSPS) is 17.2. The number of halogens is 1. The second-order valence-corrected chi connectivity index (χ2v) is 8.30. The second kappa shape index (κ2) is 9.06. The van der Waals surface area contributed by atoms with E-state index in [1.165, 1.54) is 44.6 Å². The molecule has 3 aromatic rings. The Morgan fingerprint density at radius 3 is 2.41 bits per heavy atom. The van der Waals surface area contributed by atoms with Crippen molar-refractivity contribution < 1.29 is 33.4 Å². The van der Waals surface area contributed by atoms with Gasteiger partial charge < -0.3 is 14.6 Å². The first-order valence-corrected chi connectivity index (χ1v) is 10.9. The number of thiazole rings is 1. The van der Waals surface area contributed by atoms with Crippen molar-refractivity contribution in [3.8, 4) is 5.75 Å². The molecule has 1 aliphatic rings. The van der Waals surface area contributed by atoms with E-state index in [2.05, 4.69) is 4.98 Å². The zero-order valence-electron chi connectivity index (χ0n) is 18.4. The van der Waals surface area contributed by atoms with E-state index in [-0.39, 0.29) is 32.4 Å². The van der Waals surface area contributed by atoms with Crippen LogP contribution in [0.1, 0.15) is 32.5 Å². The fourth-order valence-electron chi connectivity index (χ4n) is 3.69. The van der Waals surface area contributed by atoms with Gasteiger partial charge in [0.25, 0.3) is 5.78 Å². The van der Waals surface area contributed by atoms with Crippen molar-refractivity contribution in [1.82, 2.24) is 4.98 Å². The van der Waals surface area contributed by atoms with Gasteiger partial charge in [0.2, 0.25) is 0 Å². The number of amides is 1. The van der Waals surface area contributed by atoms with Gasteiger partial charge >= 0.3 is 11.9 Å². The lowest BCUT2D eigenvalue weighted by molar-refractivity contribution is -0.132. The number of esters is 1. The predicted octanol–water partition coefficient (Wildman–Crippen LogP) is 4.01. The van der Waals surface area contributed by atoms with Gasteiger partial charge in [-0.1, -0.05) is 29.5 Å². The van der Waals surface area contributed by atoms with Gasteiger partial charge in [-0.3, -0.25) is 14.5 Å². The number of aliphatic hydroxyl groups excluding tert-OH is 1. The Balaban J connectivity index is 1.94. The van der Waals surface area contributed by atoms with Crippen molar-refractivity contribution in [2.24, 2.45) is 0 Å². The Hall–Kier alpha value is -4.05. The minimum Gasteiger partial charge on any atom is -0.507 e. The minimum absolute atomic E-state index is 0.00188. The summed E-state index contributed by atoms with van der Waals surface area (Å²) in [5, 5.41) is 11.1. The molecule has 1 aliphatic heterocycles. The molecule has 1 atom stereocenters. The summed E-state index contributed by atoms with van der Waals surface area (Å²) in [6, 6.07) is 10.5. The van der Waals surface area contributed by atoms with Gasteiger partial charge in [-0.2, -0.15) is 0 Å². The summed E-state index contributed by atoms with van der Waals surface area (Å²) in [5.74, 6) is -3.29.